The van der Waals surface area contributed by atoms with Crippen molar-refractivity contribution in [3.8, 4) is 5.75 Å². The summed E-state index contributed by atoms with van der Waals surface area (Å²) in [5, 5.41) is 3.85. The molecule has 108 valence electrons. The largest absolute Gasteiger partial charge is 0.497 e. The molecule has 0 saturated carbocycles. The van der Waals surface area contributed by atoms with Gasteiger partial charge in [-0.1, -0.05) is 6.07 Å². The van der Waals surface area contributed by atoms with Gasteiger partial charge in [0.05, 0.1) is 12.8 Å². The third kappa shape index (κ3) is 2.42. The number of aromatic nitrogens is 2. The minimum Gasteiger partial charge on any atom is -0.497 e. The summed E-state index contributed by atoms with van der Waals surface area (Å²) in [5.41, 5.74) is 6.12. The Bertz CT molecular complexity index is 724. The Morgan fingerprint density at radius 3 is 2.65 bits per heavy atom. The van der Waals surface area contributed by atoms with Gasteiger partial charge < -0.3 is 10.5 Å². The zero-order chi connectivity index (χ0) is 14.9. The summed E-state index contributed by atoms with van der Waals surface area (Å²) in [6, 6.07) is 6.76. The average Bonchev–Trinajstić information content (AvgIpc) is 2.77. The highest BCUT2D eigenvalue weighted by atomic mass is 32.2. The number of aryl methyl sites for hydroxylation is 1. The number of rotatable bonds is 4. The van der Waals surface area contributed by atoms with Crippen LogP contribution in [0, 0.1) is 0 Å². The highest BCUT2D eigenvalue weighted by Crippen LogP contribution is 2.27. The SMILES string of the molecule is COc1cccc(N(C)S(=O)(=O)c2cn(C)nc2N)c1. The van der Waals surface area contributed by atoms with E-state index in [1.807, 2.05) is 0 Å². The van der Waals surface area contributed by atoms with Crippen LogP contribution in [0.2, 0.25) is 0 Å². The first-order valence-electron chi connectivity index (χ1n) is 5.78. The van der Waals surface area contributed by atoms with Gasteiger partial charge >= 0.3 is 0 Å². The van der Waals surface area contributed by atoms with E-state index in [1.165, 1.54) is 25.0 Å². The van der Waals surface area contributed by atoms with Gasteiger partial charge in [0.25, 0.3) is 10.0 Å². The molecular weight excluding hydrogens is 280 g/mol. The van der Waals surface area contributed by atoms with Gasteiger partial charge in [-0.05, 0) is 12.1 Å². The molecule has 2 rings (SSSR count). The van der Waals surface area contributed by atoms with Crippen LogP contribution < -0.4 is 14.8 Å². The van der Waals surface area contributed by atoms with Crippen LogP contribution in [0.15, 0.2) is 35.4 Å². The second-order valence-corrected chi connectivity index (χ2v) is 6.16. The highest BCUT2D eigenvalue weighted by Gasteiger charge is 2.26. The summed E-state index contributed by atoms with van der Waals surface area (Å²) in [7, 11) is 0.830. The van der Waals surface area contributed by atoms with Crippen LogP contribution in [-0.4, -0.2) is 32.4 Å². The summed E-state index contributed by atoms with van der Waals surface area (Å²) in [4.78, 5) is -0.0229. The van der Waals surface area contributed by atoms with Crippen molar-refractivity contribution in [2.75, 3.05) is 24.2 Å². The van der Waals surface area contributed by atoms with Crippen LogP contribution in [-0.2, 0) is 17.1 Å². The molecule has 1 heterocycles. The Hall–Kier alpha value is -2.22. The van der Waals surface area contributed by atoms with Crippen LogP contribution >= 0.6 is 0 Å². The minimum atomic E-state index is -3.76. The molecule has 0 radical (unpaired) electrons. The second kappa shape index (κ2) is 5.04. The van der Waals surface area contributed by atoms with E-state index in [2.05, 4.69) is 5.10 Å². The molecule has 8 heteroatoms. The lowest BCUT2D eigenvalue weighted by molar-refractivity contribution is 0.415. The van der Waals surface area contributed by atoms with Gasteiger partial charge in [-0.2, -0.15) is 5.10 Å². The normalized spacial score (nSPS) is 11.3. The Morgan fingerprint density at radius 2 is 2.10 bits per heavy atom. The fourth-order valence-corrected chi connectivity index (χ4v) is 3.05. The number of benzene rings is 1. The molecule has 0 spiro atoms. The van der Waals surface area contributed by atoms with Crippen molar-refractivity contribution in [1.29, 1.82) is 0 Å². The van der Waals surface area contributed by atoms with Gasteiger partial charge in [0, 0.05) is 26.4 Å². The zero-order valence-electron chi connectivity index (χ0n) is 11.4. The lowest BCUT2D eigenvalue weighted by atomic mass is 10.3. The molecule has 0 saturated heterocycles. The molecule has 1 aromatic carbocycles. The number of methoxy groups -OCH3 is 1. The fourth-order valence-electron chi connectivity index (χ4n) is 1.78. The minimum absolute atomic E-state index is 0.0229. The Morgan fingerprint density at radius 1 is 1.40 bits per heavy atom. The van der Waals surface area contributed by atoms with Crippen molar-refractivity contribution in [1.82, 2.24) is 9.78 Å². The molecule has 0 aliphatic rings. The Kier molecular flexibility index (Phi) is 3.58. The maximum atomic E-state index is 12.5. The van der Waals surface area contributed by atoms with Crippen molar-refractivity contribution in [3.05, 3.63) is 30.5 Å². The first-order chi connectivity index (χ1) is 9.36. The predicted molar refractivity (Wildman–Crippen MR) is 76.2 cm³/mol. The van der Waals surface area contributed by atoms with E-state index in [0.717, 1.165) is 4.31 Å². The van der Waals surface area contributed by atoms with E-state index in [-0.39, 0.29) is 10.7 Å². The lowest BCUT2D eigenvalue weighted by Gasteiger charge is -2.19. The zero-order valence-corrected chi connectivity index (χ0v) is 12.3. The molecule has 1 aromatic heterocycles. The van der Waals surface area contributed by atoms with Crippen molar-refractivity contribution < 1.29 is 13.2 Å². The molecule has 0 atom stereocenters. The molecule has 0 fully saturated rings. The van der Waals surface area contributed by atoms with E-state index in [0.29, 0.717) is 11.4 Å². The van der Waals surface area contributed by atoms with Gasteiger partial charge in [-0.15, -0.1) is 0 Å². The summed E-state index contributed by atoms with van der Waals surface area (Å²) >= 11 is 0. The number of ether oxygens (including phenoxy) is 1. The van der Waals surface area contributed by atoms with Crippen LogP contribution in [0.3, 0.4) is 0 Å². The molecule has 0 bridgehead atoms. The first kappa shape index (κ1) is 14.2. The van der Waals surface area contributed by atoms with Crippen LogP contribution in [0.4, 0.5) is 11.5 Å². The van der Waals surface area contributed by atoms with Gasteiger partial charge in [-0.25, -0.2) is 8.42 Å². The van der Waals surface area contributed by atoms with Crippen LogP contribution in [0.5, 0.6) is 5.75 Å². The van der Waals surface area contributed by atoms with Crippen molar-refractivity contribution in [2.24, 2.45) is 7.05 Å². The number of sulfonamides is 1. The average molecular weight is 296 g/mol. The van der Waals surface area contributed by atoms with Crippen molar-refractivity contribution in [2.45, 2.75) is 4.90 Å². The van der Waals surface area contributed by atoms with Gasteiger partial charge in [-0.3, -0.25) is 8.99 Å². The maximum absolute atomic E-state index is 12.5. The summed E-state index contributed by atoms with van der Waals surface area (Å²) in [6.07, 6.45) is 1.38. The van der Waals surface area contributed by atoms with Crippen molar-refractivity contribution in [3.63, 3.8) is 0 Å². The quantitative estimate of drug-likeness (QED) is 0.902. The highest BCUT2D eigenvalue weighted by molar-refractivity contribution is 7.93. The van der Waals surface area contributed by atoms with E-state index >= 15 is 0 Å². The number of hydrogen-bond acceptors (Lipinski definition) is 5. The van der Waals surface area contributed by atoms with Gasteiger partial charge in [0.2, 0.25) is 0 Å². The third-order valence-corrected chi connectivity index (χ3v) is 4.68. The standard InChI is InChI=1S/C12H16N4O3S/c1-15-8-11(12(13)14-15)20(17,18)16(2)9-5-4-6-10(7-9)19-3/h4-8H,1-3H3,(H2,13,14). The Balaban J connectivity index is 2.45. The molecule has 0 amide bonds. The molecule has 20 heavy (non-hydrogen) atoms. The monoisotopic (exact) mass is 296 g/mol. The number of nitrogens with zero attached hydrogens (tertiary/aromatic N) is 3. The summed E-state index contributed by atoms with van der Waals surface area (Å²) < 4.78 is 32.6. The van der Waals surface area contributed by atoms with Crippen LogP contribution in [0.25, 0.3) is 0 Å². The summed E-state index contributed by atoms with van der Waals surface area (Å²) in [6.45, 7) is 0. The fraction of sp³-hybridized carbons (Fsp3) is 0.250. The molecule has 2 aromatic rings. The first-order valence-corrected chi connectivity index (χ1v) is 7.22. The number of nitrogen functional groups attached to an aromatic ring is 1. The maximum Gasteiger partial charge on any atom is 0.269 e. The van der Waals surface area contributed by atoms with Crippen molar-refractivity contribution >= 4 is 21.5 Å². The van der Waals surface area contributed by atoms with E-state index in [4.69, 9.17) is 10.5 Å². The topological polar surface area (TPSA) is 90.5 Å². The molecule has 0 aliphatic carbocycles. The number of anilines is 2. The Labute approximate surface area is 117 Å². The molecule has 2 N–H and O–H groups in total. The second-order valence-electron chi connectivity index (χ2n) is 4.23. The number of hydrogen-bond donors (Lipinski definition) is 1. The van der Waals surface area contributed by atoms with E-state index in [1.54, 1.807) is 31.3 Å². The van der Waals surface area contributed by atoms with Crippen LogP contribution in [0.1, 0.15) is 0 Å². The smallest absolute Gasteiger partial charge is 0.269 e. The molecular formula is C12H16N4O3S. The van der Waals surface area contributed by atoms with Gasteiger partial charge in [0.15, 0.2) is 5.82 Å². The third-order valence-electron chi connectivity index (χ3n) is 2.88. The lowest BCUT2D eigenvalue weighted by Crippen LogP contribution is -2.26. The predicted octanol–water partition coefficient (Wildman–Crippen LogP) is 0.836. The molecule has 0 aliphatic heterocycles. The molecule has 0 unspecified atom stereocenters. The molecule has 7 nitrogen and oxygen atoms in total. The summed E-state index contributed by atoms with van der Waals surface area (Å²) in [5.74, 6) is 0.547. The van der Waals surface area contributed by atoms with Gasteiger partial charge in [0.1, 0.15) is 10.6 Å². The number of nitrogens with two attached hydrogens (primary N) is 1. The van der Waals surface area contributed by atoms with E-state index < -0.39 is 10.0 Å². The van der Waals surface area contributed by atoms with E-state index in [9.17, 15) is 8.42 Å².